The summed E-state index contributed by atoms with van der Waals surface area (Å²) in [6.07, 6.45) is 15.4. The fraction of sp³-hybridized carbons (Fsp3) is 0.231. The summed E-state index contributed by atoms with van der Waals surface area (Å²) in [4.78, 5) is 0. The van der Waals surface area contributed by atoms with E-state index in [1.165, 1.54) is 11.1 Å². The lowest BCUT2D eigenvalue weighted by Crippen LogP contribution is -2.46. The number of hydrogen-bond donors (Lipinski definition) is 2. The first-order valence-corrected chi connectivity index (χ1v) is 10.1. The van der Waals surface area contributed by atoms with Crippen molar-refractivity contribution in [3.8, 4) is 0 Å². The molecule has 0 spiro atoms. The van der Waals surface area contributed by atoms with E-state index in [2.05, 4.69) is 72.8 Å². The van der Waals surface area contributed by atoms with E-state index in [0.717, 1.165) is 37.1 Å². The summed E-state index contributed by atoms with van der Waals surface area (Å²) in [6.45, 7) is 0. The molecule has 0 fully saturated rings. The Labute approximate surface area is 173 Å². The van der Waals surface area contributed by atoms with Crippen LogP contribution in [0.3, 0.4) is 0 Å². The minimum atomic E-state index is -0.455. The van der Waals surface area contributed by atoms with Crippen molar-refractivity contribution in [2.45, 2.75) is 36.9 Å². The maximum Gasteiger partial charge on any atom is 0.0953 e. The molecule has 0 saturated heterocycles. The lowest BCUT2D eigenvalue weighted by atomic mass is 9.82. The van der Waals surface area contributed by atoms with Crippen molar-refractivity contribution in [1.82, 2.24) is 0 Å². The van der Waals surface area contributed by atoms with Crippen LogP contribution < -0.4 is 11.5 Å². The van der Waals surface area contributed by atoms with E-state index in [1.807, 2.05) is 24.3 Å². The SMILES string of the molecule is NC1=CCC(Cc2ccccc2)(OC2(Cc3ccccc3)C=CC(N)=CC2)C=C1. The Balaban J connectivity index is 1.67. The molecule has 0 saturated carbocycles. The van der Waals surface area contributed by atoms with Crippen LogP contribution in [0.5, 0.6) is 0 Å². The Bertz CT molecular complexity index is 879. The molecular weight excluding hydrogens is 356 g/mol. The van der Waals surface area contributed by atoms with Crippen LogP contribution in [0.25, 0.3) is 0 Å². The molecule has 4 rings (SSSR count). The second kappa shape index (κ2) is 8.14. The smallest absolute Gasteiger partial charge is 0.0953 e. The van der Waals surface area contributed by atoms with Crippen molar-refractivity contribution >= 4 is 0 Å². The van der Waals surface area contributed by atoms with Gasteiger partial charge < -0.3 is 16.2 Å². The highest BCUT2D eigenvalue weighted by molar-refractivity contribution is 5.33. The summed E-state index contributed by atoms with van der Waals surface area (Å²) in [5.74, 6) is 0. The van der Waals surface area contributed by atoms with Crippen molar-refractivity contribution in [3.63, 3.8) is 0 Å². The van der Waals surface area contributed by atoms with Crippen molar-refractivity contribution in [2.75, 3.05) is 0 Å². The number of hydrogen-bond acceptors (Lipinski definition) is 3. The minimum absolute atomic E-state index is 0.455. The molecule has 3 heteroatoms. The van der Waals surface area contributed by atoms with Gasteiger partial charge >= 0.3 is 0 Å². The molecule has 0 aromatic heterocycles. The van der Waals surface area contributed by atoms with Gasteiger partial charge in [0, 0.05) is 37.1 Å². The number of rotatable bonds is 6. The summed E-state index contributed by atoms with van der Waals surface area (Å²) >= 11 is 0. The van der Waals surface area contributed by atoms with Gasteiger partial charge in [-0.25, -0.2) is 0 Å². The largest absolute Gasteiger partial charge is 0.399 e. The molecule has 0 amide bonds. The maximum absolute atomic E-state index is 7.04. The van der Waals surface area contributed by atoms with Gasteiger partial charge in [0.05, 0.1) is 11.2 Å². The first-order chi connectivity index (χ1) is 14.1. The highest BCUT2D eigenvalue weighted by Gasteiger charge is 2.40. The average molecular weight is 385 g/mol. The Hall–Kier alpha value is -3.04. The zero-order valence-electron chi connectivity index (χ0n) is 16.6. The van der Waals surface area contributed by atoms with Gasteiger partial charge in [-0.05, 0) is 23.3 Å². The van der Waals surface area contributed by atoms with Gasteiger partial charge in [-0.3, -0.25) is 0 Å². The van der Waals surface area contributed by atoms with Gasteiger partial charge in [0.1, 0.15) is 0 Å². The van der Waals surface area contributed by atoms with Crippen LogP contribution in [0.4, 0.5) is 0 Å². The van der Waals surface area contributed by atoms with Gasteiger partial charge in [0.25, 0.3) is 0 Å². The summed E-state index contributed by atoms with van der Waals surface area (Å²) < 4.78 is 7.04. The molecule has 2 aromatic carbocycles. The normalized spacial score (nSPS) is 26.1. The fourth-order valence-corrected chi connectivity index (χ4v) is 4.12. The Morgan fingerprint density at radius 2 is 1.07 bits per heavy atom. The van der Waals surface area contributed by atoms with Crippen LogP contribution in [-0.2, 0) is 17.6 Å². The van der Waals surface area contributed by atoms with Gasteiger partial charge in [0.2, 0.25) is 0 Å². The Morgan fingerprint density at radius 1 is 0.655 bits per heavy atom. The maximum atomic E-state index is 7.04. The van der Waals surface area contributed by atoms with E-state index >= 15 is 0 Å². The average Bonchev–Trinajstić information content (AvgIpc) is 2.74. The summed E-state index contributed by atoms with van der Waals surface area (Å²) in [7, 11) is 0. The predicted octanol–water partition coefficient (Wildman–Crippen LogP) is 4.57. The van der Waals surface area contributed by atoms with Crippen molar-refractivity contribution in [1.29, 1.82) is 0 Å². The standard InChI is InChI=1S/C26H28N2O/c27-23-11-15-25(16-12-23,19-21-7-3-1-4-8-21)29-26(17-13-24(28)14-18-26)20-22-9-5-2-6-10-22/h1-15,17H,16,18-20,27-28H2. The van der Waals surface area contributed by atoms with Crippen molar-refractivity contribution in [3.05, 3.63) is 120 Å². The molecule has 148 valence electrons. The van der Waals surface area contributed by atoms with Crippen molar-refractivity contribution < 1.29 is 4.74 Å². The van der Waals surface area contributed by atoms with Crippen LogP contribution in [0.1, 0.15) is 24.0 Å². The predicted molar refractivity (Wildman–Crippen MR) is 119 cm³/mol. The van der Waals surface area contributed by atoms with Gasteiger partial charge in [-0.1, -0.05) is 85.0 Å². The highest BCUT2D eigenvalue weighted by Crippen LogP contribution is 2.38. The lowest BCUT2D eigenvalue weighted by molar-refractivity contribution is -0.106. The monoisotopic (exact) mass is 384 g/mol. The molecule has 0 radical (unpaired) electrons. The third kappa shape index (κ3) is 4.69. The van der Waals surface area contributed by atoms with E-state index in [4.69, 9.17) is 16.2 Å². The third-order valence-corrected chi connectivity index (χ3v) is 5.62. The van der Waals surface area contributed by atoms with Crippen LogP contribution in [0, 0.1) is 0 Å². The van der Waals surface area contributed by atoms with Crippen LogP contribution >= 0.6 is 0 Å². The summed E-state index contributed by atoms with van der Waals surface area (Å²) in [6, 6.07) is 21.0. The molecule has 2 aliphatic carbocycles. The lowest BCUT2D eigenvalue weighted by Gasteiger charge is -2.43. The number of nitrogens with two attached hydrogens (primary N) is 2. The minimum Gasteiger partial charge on any atom is -0.399 e. The molecule has 0 aliphatic heterocycles. The van der Waals surface area contributed by atoms with E-state index in [0.29, 0.717) is 0 Å². The molecular formula is C26H28N2O. The molecule has 2 aliphatic rings. The first kappa shape index (κ1) is 19.3. The number of allylic oxidation sites excluding steroid dienone is 2. The highest BCUT2D eigenvalue weighted by atomic mass is 16.5. The first-order valence-electron chi connectivity index (χ1n) is 10.1. The molecule has 4 N–H and O–H groups in total. The van der Waals surface area contributed by atoms with Crippen molar-refractivity contribution in [2.24, 2.45) is 11.5 Å². The summed E-state index contributed by atoms with van der Waals surface area (Å²) in [5.41, 5.74) is 15.2. The van der Waals surface area contributed by atoms with E-state index < -0.39 is 11.2 Å². The van der Waals surface area contributed by atoms with Gasteiger partial charge in [-0.2, -0.15) is 0 Å². The molecule has 3 nitrogen and oxygen atoms in total. The van der Waals surface area contributed by atoms with Gasteiger partial charge in [0.15, 0.2) is 0 Å². The third-order valence-electron chi connectivity index (χ3n) is 5.62. The molecule has 2 unspecified atom stereocenters. The topological polar surface area (TPSA) is 61.3 Å². The molecule has 0 bridgehead atoms. The van der Waals surface area contributed by atoms with Gasteiger partial charge in [-0.15, -0.1) is 0 Å². The summed E-state index contributed by atoms with van der Waals surface area (Å²) in [5, 5.41) is 0. The quantitative estimate of drug-likeness (QED) is 0.767. The number of benzene rings is 2. The zero-order valence-corrected chi connectivity index (χ0v) is 16.6. The second-order valence-corrected chi connectivity index (χ2v) is 8.04. The van der Waals surface area contributed by atoms with Crippen LogP contribution in [0.2, 0.25) is 0 Å². The zero-order chi connectivity index (χ0) is 20.2. The molecule has 0 heterocycles. The second-order valence-electron chi connectivity index (χ2n) is 8.04. The van der Waals surface area contributed by atoms with Crippen LogP contribution in [-0.4, -0.2) is 11.2 Å². The number of ether oxygens (including phenoxy) is 1. The molecule has 2 aromatic rings. The molecule has 2 atom stereocenters. The van der Waals surface area contributed by atoms with E-state index in [-0.39, 0.29) is 0 Å². The fourth-order valence-electron chi connectivity index (χ4n) is 4.12. The van der Waals surface area contributed by atoms with E-state index in [9.17, 15) is 0 Å². The Morgan fingerprint density at radius 3 is 1.41 bits per heavy atom. The van der Waals surface area contributed by atoms with Crippen LogP contribution in [0.15, 0.2) is 109 Å². The molecule has 29 heavy (non-hydrogen) atoms. The van der Waals surface area contributed by atoms with E-state index in [1.54, 1.807) is 0 Å². The Kier molecular flexibility index (Phi) is 5.41.